The molecule has 1 aliphatic heterocycles. The quantitative estimate of drug-likeness (QED) is 0.348. The second-order valence-corrected chi connectivity index (χ2v) is 10.2. The second-order valence-electron chi connectivity index (χ2n) is 8.82. The van der Waals surface area contributed by atoms with Crippen LogP contribution < -0.4 is 10.2 Å². The number of rotatable bonds is 10. The number of thioether (sulfide) groups is 1. The van der Waals surface area contributed by atoms with Crippen LogP contribution in [0.5, 0.6) is 0 Å². The molecule has 0 spiro atoms. The zero-order chi connectivity index (χ0) is 24.8. The van der Waals surface area contributed by atoms with Gasteiger partial charge >= 0.3 is 0 Å². The van der Waals surface area contributed by atoms with E-state index in [0.717, 1.165) is 48.8 Å². The Morgan fingerprint density at radius 3 is 2.57 bits per heavy atom. The van der Waals surface area contributed by atoms with Crippen LogP contribution in [0.1, 0.15) is 33.6 Å². The number of amides is 1. The van der Waals surface area contributed by atoms with Crippen molar-refractivity contribution in [3.8, 4) is 11.4 Å². The highest BCUT2D eigenvalue weighted by atomic mass is 35.5. The molecule has 0 bridgehead atoms. The molecule has 0 saturated carbocycles. The number of hydrogen-bond acceptors (Lipinski definition) is 6. The Kier molecular flexibility index (Phi) is 8.70. The molecule has 35 heavy (non-hydrogen) atoms. The first-order valence-electron chi connectivity index (χ1n) is 12.0. The molecule has 0 unspecified atom stereocenters. The lowest BCUT2D eigenvalue weighted by Gasteiger charge is -2.27. The molecule has 3 aromatic rings. The van der Waals surface area contributed by atoms with Crippen molar-refractivity contribution in [3.63, 3.8) is 0 Å². The summed E-state index contributed by atoms with van der Waals surface area (Å²) in [6, 6.07) is 15.9. The summed E-state index contributed by atoms with van der Waals surface area (Å²) in [5.74, 6) is 0.902. The number of aromatic nitrogens is 3. The second kappa shape index (κ2) is 11.9. The molecule has 2 aromatic carbocycles. The van der Waals surface area contributed by atoms with E-state index in [4.69, 9.17) is 16.3 Å². The summed E-state index contributed by atoms with van der Waals surface area (Å²) in [7, 11) is 0. The fourth-order valence-electron chi connectivity index (χ4n) is 4.27. The SMILES string of the molecule is CCN(c1ccc(NC(=O)CSc2nnc(-c3ccc(Cl)cc3)n2C[C@H]2CCCO2)cc1)C(C)C. The Hall–Kier alpha value is -2.55. The molecule has 1 aromatic heterocycles. The van der Waals surface area contributed by atoms with Crippen molar-refractivity contribution < 1.29 is 9.53 Å². The Balaban J connectivity index is 1.43. The van der Waals surface area contributed by atoms with Gasteiger partial charge in [0.2, 0.25) is 5.91 Å². The van der Waals surface area contributed by atoms with E-state index in [1.807, 2.05) is 48.5 Å². The van der Waals surface area contributed by atoms with Crippen LogP contribution in [-0.2, 0) is 16.1 Å². The van der Waals surface area contributed by atoms with Crippen LogP contribution in [0.25, 0.3) is 11.4 Å². The molecular weight excluding hydrogens is 482 g/mol. The monoisotopic (exact) mass is 513 g/mol. The van der Waals surface area contributed by atoms with Gasteiger partial charge in [-0.25, -0.2) is 0 Å². The van der Waals surface area contributed by atoms with E-state index < -0.39 is 0 Å². The number of nitrogens with zero attached hydrogens (tertiary/aromatic N) is 4. The molecule has 9 heteroatoms. The van der Waals surface area contributed by atoms with E-state index in [9.17, 15) is 4.79 Å². The van der Waals surface area contributed by atoms with Gasteiger partial charge in [-0.3, -0.25) is 9.36 Å². The standard InChI is InChI=1S/C26H32ClN5O2S/c1-4-31(18(2)3)22-13-11-21(12-14-22)28-24(33)17-35-26-30-29-25(19-7-9-20(27)10-8-19)32(26)16-23-6-5-15-34-23/h7-14,18,23H,4-6,15-17H2,1-3H3,(H,28,33)/t23-/m1/s1. The van der Waals surface area contributed by atoms with Gasteiger partial charge in [-0.2, -0.15) is 0 Å². The molecule has 4 rings (SSSR count). The van der Waals surface area contributed by atoms with Crippen molar-refractivity contribution in [2.24, 2.45) is 0 Å². The van der Waals surface area contributed by atoms with Gasteiger partial charge in [0, 0.05) is 41.2 Å². The molecule has 1 saturated heterocycles. The van der Waals surface area contributed by atoms with Crippen molar-refractivity contribution in [1.29, 1.82) is 0 Å². The van der Waals surface area contributed by atoms with Crippen LogP contribution in [0, 0.1) is 0 Å². The van der Waals surface area contributed by atoms with Gasteiger partial charge in [-0.05, 0) is 82.1 Å². The minimum absolute atomic E-state index is 0.0846. The summed E-state index contributed by atoms with van der Waals surface area (Å²) in [6.07, 6.45) is 2.18. The Labute approximate surface area is 216 Å². The van der Waals surface area contributed by atoms with Crippen molar-refractivity contribution in [2.45, 2.75) is 57.5 Å². The highest BCUT2D eigenvalue weighted by Gasteiger charge is 2.22. The highest BCUT2D eigenvalue weighted by Crippen LogP contribution is 2.28. The first-order chi connectivity index (χ1) is 16.9. The topological polar surface area (TPSA) is 72.3 Å². The zero-order valence-electron chi connectivity index (χ0n) is 20.4. The van der Waals surface area contributed by atoms with E-state index in [1.165, 1.54) is 11.8 Å². The van der Waals surface area contributed by atoms with Gasteiger partial charge in [0.1, 0.15) is 0 Å². The molecule has 0 aliphatic carbocycles. The first-order valence-corrected chi connectivity index (χ1v) is 13.4. The minimum atomic E-state index is -0.0846. The predicted octanol–water partition coefficient (Wildman–Crippen LogP) is 5.74. The molecule has 7 nitrogen and oxygen atoms in total. The van der Waals surface area contributed by atoms with Crippen LogP contribution in [0.4, 0.5) is 11.4 Å². The molecule has 2 heterocycles. The van der Waals surface area contributed by atoms with Crippen LogP contribution >= 0.6 is 23.4 Å². The molecule has 0 radical (unpaired) electrons. The van der Waals surface area contributed by atoms with E-state index in [0.29, 0.717) is 22.8 Å². The van der Waals surface area contributed by atoms with Gasteiger partial charge in [0.15, 0.2) is 11.0 Å². The highest BCUT2D eigenvalue weighted by molar-refractivity contribution is 7.99. The van der Waals surface area contributed by atoms with Gasteiger partial charge in [-0.1, -0.05) is 23.4 Å². The summed E-state index contributed by atoms with van der Waals surface area (Å²) in [5, 5.41) is 13.2. The third kappa shape index (κ3) is 6.57. The van der Waals surface area contributed by atoms with Gasteiger partial charge in [0.25, 0.3) is 0 Å². The number of ether oxygens (including phenoxy) is 1. The molecule has 1 amide bonds. The Bertz CT molecular complexity index is 1110. The Morgan fingerprint density at radius 2 is 1.94 bits per heavy atom. The average Bonchev–Trinajstić information content (AvgIpc) is 3.50. The number of hydrogen-bond donors (Lipinski definition) is 1. The number of benzene rings is 2. The van der Waals surface area contributed by atoms with Crippen LogP contribution in [0.15, 0.2) is 53.7 Å². The lowest BCUT2D eigenvalue weighted by atomic mass is 10.2. The van der Waals surface area contributed by atoms with Crippen molar-refractivity contribution in [1.82, 2.24) is 14.8 Å². The maximum Gasteiger partial charge on any atom is 0.234 e. The summed E-state index contributed by atoms with van der Waals surface area (Å²) in [5.41, 5.74) is 2.85. The van der Waals surface area contributed by atoms with Crippen LogP contribution in [0.3, 0.4) is 0 Å². The van der Waals surface area contributed by atoms with Crippen molar-refractivity contribution >= 4 is 40.6 Å². The number of nitrogens with one attached hydrogen (secondary N) is 1. The molecule has 1 fully saturated rings. The number of anilines is 2. The fourth-order valence-corrected chi connectivity index (χ4v) is 5.15. The lowest BCUT2D eigenvalue weighted by molar-refractivity contribution is -0.113. The van der Waals surface area contributed by atoms with E-state index in [-0.39, 0.29) is 17.8 Å². The smallest absolute Gasteiger partial charge is 0.234 e. The predicted molar refractivity (Wildman–Crippen MR) is 143 cm³/mol. The van der Waals surface area contributed by atoms with Crippen molar-refractivity contribution in [2.75, 3.05) is 29.1 Å². The molecule has 1 aliphatic rings. The van der Waals surface area contributed by atoms with Crippen molar-refractivity contribution in [3.05, 3.63) is 53.6 Å². The van der Waals surface area contributed by atoms with Gasteiger partial charge in [-0.15, -0.1) is 10.2 Å². The van der Waals surface area contributed by atoms with Crippen LogP contribution in [0.2, 0.25) is 5.02 Å². The summed E-state index contributed by atoms with van der Waals surface area (Å²) in [6.45, 7) is 8.85. The number of carbonyl (C=O) groups is 1. The summed E-state index contributed by atoms with van der Waals surface area (Å²) in [4.78, 5) is 15.0. The molecule has 1 atom stereocenters. The zero-order valence-corrected chi connectivity index (χ0v) is 22.0. The average molecular weight is 514 g/mol. The fraction of sp³-hybridized carbons (Fsp3) is 0.423. The molecular formula is C26H32ClN5O2S. The third-order valence-electron chi connectivity index (χ3n) is 6.01. The van der Waals surface area contributed by atoms with E-state index in [1.54, 1.807) is 0 Å². The minimum Gasteiger partial charge on any atom is -0.376 e. The Morgan fingerprint density at radius 1 is 1.20 bits per heavy atom. The normalized spacial score (nSPS) is 15.5. The van der Waals surface area contributed by atoms with E-state index >= 15 is 0 Å². The maximum atomic E-state index is 12.7. The number of halogens is 1. The van der Waals surface area contributed by atoms with E-state index in [2.05, 4.69) is 45.8 Å². The largest absolute Gasteiger partial charge is 0.376 e. The number of carbonyl (C=O) groups excluding carboxylic acids is 1. The summed E-state index contributed by atoms with van der Waals surface area (Å²) >= 11 is 7.44. The van der Waals surface area contributed by atoms with Crippen LogP contribution in [-0.4, -0.2) is 51.7 Å². The summed E-state index contributed by atoms with van der Waals surface area (Å²) < 4.78 is 7.91. The van der Waals surface area contributed by atoms with Gasteiger partial charge in [0.05, 0.1) is 18.4 Å². The molecule has 1 N–H and O–H groups in total. The first kappa shape index (κ1) is 25.5. The van der Waals surface area contributed by atoms with Gasteiger partial charge < -0.3 is 15.0 Å². The lowest BCUT2D eigenvalue weighted by Crippen LogP contribution is -2.30. The third-order valence-corrected chi connectivity index (χ3v) is 7.23. The maximum absolute atomic E-state index is 12.7. The molecule has 186 valence electrons.